The van der Waals surface area contributed by atoms with E-state index in [1.807, 2.05) is 49.4 Å². The van der Waals surface area contributed by atoms with Crippen molar-refractivity contribution in [3.8, 4) is 22.1 Å². The Kier molecular flexibility index (Phi) is 6.95. The molecule has 0 unspecified atom stereocenters. The molecule has 29 heavy (non-hydrogen) atoms. The fourth-order valence-electron chi connectivity index (χ4n) is 2.74. The normalized spacial score (nSPS) is 10.5. The lowest BCUT2D eigenvalue weighted by Crippen LogP contribution is -2.34. The molecule has 0 spiro atoms. The second kappa shape index (κ2) is 9.62. The maximum Gasteiger partial charge on any atom is 0.315 e. The molecule has 1 aromatic heterocycles. The number of amides is 2. The first-order chi connectivity index (χ1) is 14.0. The number of ether oxygens (including phenoxy) is 2. The van der Waals surface area contributed by atoms with Crippen LogP contribution in [0.5, 0.6) is 11.5 Å². The molecule has 0 atom stereocenters. The van der Waals surface area contributed by atoms with Gasteiger partial charge in [0.05, 0.1) is 31.5 Å². The van der Waals surface area contributed by atoms with E-state index < -0.39 is 0 Å². The number of nitrogens with zero attached hydrogens (tertiary/aromatic N) is 1. The first-order valence-corrected chi connectivity index (χ1v) is 10.1. The first kappa shape index (κ1) is 21.0. The number of aromatic nitrogens is 1. The van der Waals surface area contributed by atoms with Gasteiger partial charge >= 0.3 is 6.03 Å². The zero-order chi connectivity index (χ0) is 20.8. The first-order valence-electron chi connectivity index (χ1n) is 8.95. The zero-order valence-corrected chi connectivity index (χ0v) is 18.0. The van der Waals surface area contributed by atoms with Crippen molar-refractivity contribution in [1.29, 1.82) is 0 Å². The Balaban J connectivity index is 1.57. The summed E-state index contributed by atoms with van der Waals surface area (Å²) in [5, 5.41) is 7.22. The largest absolute Gasteiger partial charge is 0.493 e. The second-order valence-electron chi connectivity index (χ2n) is 6.23. The average Bonchev–Trinajstić information content (AvgIpc) is 3.11. The minimum Gasteiger partial charge on any atom is -0.493 e. The molecule has 0 saturated heterocycles. The Morgan fingerprint density at radius 3 is 2.52 bits per heavy atom. The van der Waals surface area contributed by atoms with Crippen LogP contribution in [0.3, 0.4) is 0 Å². The third-order valence-corrected chi connectivity index (χ3v) is 5.83. The zero-order valence-electron chi connectivity index (χ0n) is 16.4. The molecule has 152 valence electrons. The summed E-state index contributed by atoms with van der Waals surface area (Å²) in [6.45, 7) is 2.69. The minimum absolute atomic E-state index is 0.258. The number of halogens is 1. The number of hydrogen-bond donors (Lipinski definition) is 2. The number of hydrogen-bond acceptors (Lipinski definition) is 5. The highest BCUT2D eigenvalue weighted by Gasteiger charge is 2.13. The van der Waals surface area contributed by atoms with Crippen LogP contribution in [0.1, 0.15) is 16.1 Å². The third-order valence-electron chi connectivity index (χ3n) is 4.31. The molecule has 3 aromatic rings. The smallest absolute Gasteiger partial charge is 0.315 e. The number of carbonyl (C=O) groups excluding carboxylic acids is 1. The molecule has 0 radical (unpaired) electrons. The van der Waals surface area contributed by atoms with Crippen LogP contribution in [0, 0.1) is 6.92 Å². The van der Waals surface area contributed by atoms with Crippen LogP contribution in [0.25, 0.3) is 10.6 Å². The molecule has 0 bridgehead atoms. The minimum atomic E-state index is -0.258. The highest BCUT2D eigenvalue weighted by atomic mass is 35.5. The summed E-state index contributed by atoms with van der Waals surface area (Å²) in [6.07, 6.45) is 0. The SMILES string of the molecule is COc1ccc(CNC(=O)NCc2sc(-c3ccccc3Cl)nc2C)cc1OC. The van der Waals surface area contributed by atoms with Crippen LogP contribution >= 0.6 is 22.9 Å². The quantitative estimate of drug-likeness (QED) is 0.564. The van der Waals surface area contributed by atoms with Gasteiger partial charge in [-0.25, -0.2) is 9.78 Å². The van der Waals surface area contributed by atoms with Gasteiger partial charge in [0.15, 0.2) is 11.5 Å². The van der Waals surface area contributed by atoms with Gasteiger partial charge in [0.2, 0.25) is 0 Å². The van der Waals surface area contributed by atoms with E-state index in [1.54, 1.807) is 14.2 Å². The van der Waals surface area contributed by atoms with Gasteiger partial charge in [-0.05, 0) is 30.7 Å². The highest BCUT2D eigenvalue weighted by Crippen LogP contribution is 2.32. The van der Waals surface area contributed by atoms with Crippen molar-refractivity contribution in [2.24, 2.45) is 0 Å². The van der Waals surface area contributed by atoms with E-state index in [0.29, 0.717) is 29.6 Å². The molecule has 8 heteroatoms. The fraction of sp³-hybridized carbons (Fsp3) is 0.238. The second-order valence-corrected chi connectivity index (χ2v) is 7.72. The van der Waals surface area contributed by atoms with E-state index in [4.69, 9.17) is 21.1 Å². The van der Waals surface area contributed by atoms with Crippen molar-refractivity contribution in [2.45, 2.75) is 20.0 Å². The lowest BCUT2D eigenvalue weighted by molar-refractivity contribution is 0.240. The maximum absolute atomic E-state index is 12.2. The van der Waals surface area contributed by atoms with Crippen molar-refractivity contribution >= 4 is 29.0 Å². The Labute approximate surface area is 178 Å². The summed E-state index contributed by atoms with van der Waals surface area (Å²) >= 11 is 7.78. The molecule has 2 N–H and O–H groups in total. The Morgan fingerprint density at radius 2 is 1.79 bits per heavy atom. The number of thiazole rings is 1. The number of nitrogens with one attached hydrogen (secondary N) is 2. The van der Waals surface area contributed by atoms with E-state index in [2.05, 4.69) is 15.6 Å². The van der Waals surface area contributed by atoms with Crippen LogP contribution in [0.4, 0.5) is 4.79 Å². The summed E-state index contributed by atoms with van der Waals surface area (Å²) in [7, 11) is 3.16. The summed E-state index contributed by atoms with van der Waals surface area (Å²) < 4.78 is 10.5. The predicted octanol–water partition coefficient (Wildman–Crippen LogP) is 4.79. The van der Waals surface area contributed by atoms with Gasteiger partial charge in [0, 0.05) is 17.0 Å². The number of aryl methyl sites for hydroxylation is 1. The van der Waals surface area contributed by atoms with Gasteiger partial charge in [0.25, 0.3) is 0 Å². The Bertz CT molecular complexity index is 1010. The number of methoxy groups -OCH3 is 2. The standard InChI is InChI=1S/C21H22ClN3O3S/c1-13-19(29-20(25-13)15-6-4-5-7-16(15)22)12-24-21(26)23-11-14-8-9-17(27-2)18(10-14)28-3/h4-10H,11-12H2,1-3H3,(H2,23,24,26). The van der Waals surface area contributed by atoms with Crippen molar-refractivity contribution < 1.29 is 14.3 Å². The van der Waals surface area contributed by atoms with Gasteiger partial charge in [0.1, 0.15) is 5.01 Å². The van der Waals surface area contributed by atoms with Crippen LogP contribution < -0.4 is 20.1 Å². The summed E-state index contributed by atoms with van der Waals surface area (Å²) in [5.74, 6) is 1.27. The molecule has 0 aliphatic rings. The van der Waals surface area contributed by atoms with Crippen LogP contribution in [-0.4, -0.2) is 25.2 Å². The average molecular weight is 432 g/mol. The summed E-state index contributed by atoms with van der Waals surface area (Å²) in [4.78, 5) is 17.8. The molecule has 0 saturated carbocycles. The van der Waals surface area contributed by atoms with Crippen molar-refractivity contribution in [3.63, 3.8) is 0 Å². The van der Waals surface area contributed by atoms with Crippen LogP contribution in [0.2, 0.25) is 5.02 Å². The lowest BCUT2D eigenvalue weighted by atomic mass is 10.2. The van der Waals surface area contributed by atoms with Crippen LogP contribution in [0.15, 0.2) is 42.5 Å². The molecular formula is C21H22ClN3O3S. The van der Waals surface area contributed by atoms with Gasteiger partial charge in [-0.15, -0.1) is 11.3 Å². The summed E-state index contributed by atoms with van der Waals surface area (Å²) in [6, 6.07) is 12.9. The number of rotatable bonds is 7. The molecule has 6 nitrogen and oxygen atoms in total. The van der Waals surface area contributed by atoms with Crippen LogP contribution in [-0.2, 0) is 13.1 Å². The van der Waals surface area contributed by atoms with E-state index in [0.717, 1.165) is 26.7 Å². The lowest BCUT2D eigenvalue weighted by Gasteiger charge is -2.11. The summed E-state index contributed by atoms with van der Waals surface area (Å²) in [5.41, 5.74) is 2.68. The van der Waals surface area contributed by atoms with E-state index in [-0.39, 0.29) is 6.03 Å². The fourth-order valence-corrected chi connectivity index (χ4v) is 4.06. The highest BCUT2D eigenvalue weighted by molar-refractivity contribution is 7.15. The molecule has 0 fully saturated rings. The number of benzene rings is 2. The van der Waals surface area contributed by atoms with Gasteiger partial charge in [-0.3, -0.25) is 0 Å². The van der Waals surface area contributed by atoms with E-state index >= 15 is 0 Å². The predicted molar refractivity (Wildman–Crippen MR) is 116 cm³/mol. The number of urea groups is 1. The molecular weight excluding hydrogens is 410 g/mol. The topological polar surface area (TPSA) is 72.5 Å². The molecule has 2 amide bonds. The Hall–Kier alpha value is -2.77. The Morgan fingerprint density at radius 1 is 1.07 bits per heavy atom. The number of carbonyl (C=O) groups is 1. The molecule has 2 aromatic carbocycles. The molecule has 1 heterocycles. The molecule has 0 aliphatic heterocycles. The van der Waals surface area contributed by atoms with Gasteiger partial charge in [-0.1, -0.05) is 35.9 Å². The maximum atomic E-state index is 12.2. The van der Waals surface area contributed by atoms with Gasteiger partial charge in [-0.2, -0.15) is 0 Å². The van der Waals surface area contributed by atoms with Gasteiger partial charge < -0.3 is 20.1 Å². The molecule has 3 rings (SSSR count). The van der Waals surface area contributed by atoms with Crippen molar-refractivity contribution in [1.82, 2.24) is 15.6 Å². The molecule has 0 aliphatic carbocycles. The van der Waals surface area contributed by atoms with E-state index in [1.165, 1.54) is 11.3 Å². The third kappa shape index (κ3) is 5.19. The van der Waals surface area contributed by atoms with Crippen molar-refractivity contribution in [3.05, 3.63) is 63.6 Å². The van der Waals surface area contributed by atoms with Crippen molar-refractivity contribution in [2.75, 3.05) is 14.2 Å². The monoisotopic (exact) mass is 431 g/mol. The van der Waals surface area contributed by atoms with E-state index in [9.17, 15) is 4.79 Å².